The Hall–Kier alpha value is -1.44. The van der Waals surface area contributed by atoms with Crippen LogP contribution in [0.15, 0.2) is 29.2 Å². The normalized spacial score (nSPS) is 16.6. The fraction of sp³-hybridized carbons (Fsp3) is 0.500. The van der Waals surface area contributed by atoms with Crippen LogP contribution in [0.25, 0.3) is 0 Å². The van der Waals surface area contributed by atoms with Crippen molar-refractivity contribution in [2.75, 3.05) is 13.2 Å². The molecule has 0 amide bonds. The number of rotatable bonds is 8. The van der Waals surface area contributed by atoms with Crippen LogP contribution in [-0.4, -0.2) is 37.8 Å². The Morgan fingerprint density at radius 2 is 1.86 bits per heavy atom. The molecule has 1 saturated carbocycles. The second-order valence-corrected chi connectivity index (χ2v) is 7.29. The van der Waals surface area contributed by atoms with Crippen molar-refractivity contribution in [3.8, 4) is 0 Å². The molecule has 0 atom stereocenters. The van der Waals surface area contributed by atoms with E-state index in [2.05, 4.69) is 4.72 Å². The predicted octanol–water partition coefficient (Wildman–Crippen LogP) is 0.755. The lowest BCUT2D eigenvalue weighted by Crippen LogP contribution is -2.31. The van der Waals surface area contributed by atoms with Crippen LogP contribution >= 0.6 is 0 Å². The lowest BCUT2D eigenvalue weighted by atomic mass is 10.1. The zero-order valence-corrected chi connectivity index (χ0v) is 12.4. The highest BCUT2D eigenvalue weighted by Gasteiger charge is 2.42. The Labute approximate surface area is 123 Å². The van der Waals surface area contributed by atoms with Crippen LogP contribution in [0.3, 0.4) is 0 Å². The fourth-order valence-electron chi connectivity index (χ4n) is 1.99. The molecular weight excluding hydrogens is 294 g/mol. The van der Waals surface area contributed by atoms with Crippen LogP contribution in [-0.2, 0) is 21.2 Å². The number of nitrogens with one attached hydrogen (secondary N) is 1. The zero-order chi connectivity index (χ0) is 15.5. The van der Waals surface area contributed by atoms with Crippen molar-refractivity contribution in [2.45, 2.75) is 30.6 Å². The molecule has 0 saturated heterocycles. The third kappa shape index (κ3) is 4.26. The van der Waals surface area contributed by atoms with Gasteiger partial charge in [0.1, 0.15) is 0 Å². The van der Waals surface area contributed by atoms with Crippen LogP contribution in [0.1, 0.15) is 24.8 Å². The van der Waals surface area contributed by atoms with E-state index >= 15 is 0 Å². The van der Waals surface area contributed by atoms with Crippen molar-refractivity contribution in [3.05, 3.63) is 29.8 Å². The van der Waals surface area contributed by atoms with Gasteiger partial charge in [-0.15, -0.1) is 0 Å². The second-order valence-electron chi connectivity index (χ2n) is 5.52. The van der Waals surface area contributed by atoms with Crippen molar-refractivity contribution >= 4 is 16.0 Å². The van der Waals surface area contributed by atoms with Gasteiger partial charge in [-0.3, -0.25) is 4.79 Å². The molecule has 3 N–H and O–H groups in total. The molecule has 0 aliphatic heterocycles. The number of carboxylic acids is 1. The third-order valence-electron chi connectivity index (χ3n) is 3.79. The lowest BCUT2D eigenvalue weighted by Gasteiger charge is -2.13. The van der Waals surface area contributed by atoms with Gasteiger partial charge < -0.3 is 10.2 Å². The summed E-state index contributed by atoms with van der Waals surface area (Å²) >= 11 is 0. The number of benzene rings is 1. The maximum atomic E-state index is 12.1. The van der Waals surface area contributed by atoms with Gasteiger partial charge in [-0.2, -0.15) is 0 Å². The largest absolute Gasteiger partial charge is 0.481 e. The molecule has 21 heavy (non-hydrogen) atoms. The van der Waals surface area contributed by atoms with E-state index in [1.807, 2.05) is 0 Å². The van der Waals surface area contributed by atoms with Crippen molar-refractivity contribution < 1.29 is 23.4 Å². The van der Waals surface area contributed by atoms with Gasteiger partial charge in [0, 0.05) is 25.0 Å². The molecule has 1 aromatic rings. The van der Waals surface area contributed by atoms with Crippen LogP contribution < -0.4 is 4.72 Å². The summed E-state index contributed by atoms with van der Waals surface area (Å²) in [6.07, 6.45) is 2.06. The summed E-state index contributed by atoms with van der Waals surface area (Å²) in [5.41, 5.74) is 0.500. The lowest BCUT2D eigenvalue weighted by molar-refractivity contribution is -0.136. The molecule has 1 aromatic carbocycles. The molecular formula is C14H19NO5S. The summed E-state index contributed by atoms with van der Waals surface area (Å²) < 4.78 is 26.7. The van der Waals surface area contributed by atoms with E-state index in [1.165, 1.54) is 12.1 Å². The highest BCUT2D eigenvalue weighted by molar-refractivity contribution is 7.89. The molecule has 1 fully saturated rings. The standard InChI is InChI=1S/C14H19NO5S/c16-10-14(7-8-14)9-15-21(19,20)12-4-1-11(2-5-12)3-6-13(17)18/h1-2,4-5,15-16H,3,6-10H2,(H,17,18). The number of sulfonamides is 1. The van der Waals surface area contributed by atoms with Crippen LogP contribution in [0, 0.1) is 5.41 Å². The Balaban J connectivity index is 1.98. The van der Waals surface area contributed by atoms with E-state index in [1.54, 1.807) is 12.1 Å². The minimum Gasteiger partial charge on any atom is -0.481 e. The first kappa shape index (κ1) is 15.9. The van der Waals surface area contributed by atoms with E-state index in [-0.39, 0.29) is 29.9 Å². The van der Waals surface area contributed by atoms with E-state index in [4.69, 9.17) is 5.11 Å². The van der Waals surface area contributed by atoms with E-state index in [9.17, 15) is 18.3 Å². The molecule has 0 radical (unpaired) electrons. The molecule has 0 heterocycles. The zero-order valence-electron chi connectivity index (χ0n) is 11.6. The summed E-state index contributed by atoms with van der Waals surface area (Å²) in [4.78, 5) is 10.6. The number of carbonyl (C=O) groups is 1. The number of hydrogen-bond acceptors (Lipinski definition) is 4. The van der Waals surface area contributed by atoms with Gasteiger partial charge in [0.05, 0.1) is 4.90 Å². The maximum absolute atomic E-state index is 12.1. The van der Waals surface area contributed by atoms with Gasteiger partial charge in [-0.1, -0.05) is 12.1 Å². The van der Waals surface area contributed by atoms with Gasteiger partial charge in [0.25, 0.3) is 0 Å². The quantitative estimate of drug-likeness (QED) is 0.657. The first-order valence-corrected chi connectivity index (χ1v) is 8.26. The smallest absolute Gasteiger partial charge is 0.303 e. The summed E-state index contributed by atoms with van der Waals surface area (Å²) in [5, 5.41) is 17.8. The van der Waals surface area contributed by atoms with Gasteiger partial charge in [0.15, 0.2) is 0 Å². The van der Waals surface area contributed by atoms with Gasteiger partial charge in [-0.05, 0) is 37.0 Å². The Bertz CT molecular complexity index is 605. The molecule has 0 unspecified atom stereocenters. The highest BCUT2D eigenvalue weighted by Crippen LogP contribution is 2.44. The number of aryl methyl sites for hydroxylation is 1. The SMILES string of the molecule is O=C(O)CCc1ccc(S(=O)(=O)NCC2(CO)CC2)cc1. The summed E-state index contributed by atoms with van der Waals surface area (Å²) in [6, 6.07) is 6.18. The number of aliphatic carboxylic acids is 1. The Morgan fingerprint density at radius 3 is 2.33 bits per heavy atom. The summed E-state index contributed by atoms with van der Waals surface area (Å²) in [5.74, 6) is -0.882. The minimum absolute atomic E-state index is 0.0103. The maximum Gasteiger partial charge on any atom is 0.303 e. The van der Waals surface area contributed by atoms with Crippen LogP contribution in [0.5, 0.6) is 0 Å². The van der Waals surface area contributed by atoms with Gasteiger partial charge in [-0.25, -0.2) is 13.1 Å². The Morgan fingerprint density at radius 1 is 1.24 bits per heavy atom. The summed E-state index contributed by atoms with van der Waals surface area (Å²) in [7, 11) is -3.59. The predicted molar refractivity (Wildman–Crippen MR) is 76.3 cm³/mol. The van der Waals surface area contributed by atoms with Gasteiger partial charge in [0.2, 0.25) is 10.0 Å². The number of hydrogen-bond donors (Lipinski definition) is 3. The van der Waals surface area contributed by atoms with E-state index < -0.39 is 16.0 Å². The molecule has 6 nitrogen and oxygen atoms in total. The second kappa shape index (κ2) is 6.13. The Kier molecular flexibility index (Phi) is 4.65. The molecule has 0 spiro atoms. The number of carboxylic acid groups (broad SMARTS) is 1. The molecule has 2 rings (SSSR count). The minimum atomic E-state index is -3.59. The molecule has 7 heteroatoms. The van der Waals surface area contributed by atoms with Crippen molar-refractivity contribution in [2.24, 2.45) is 5.41 Å². The summed E-state index contributed by atoms with van der Waals surface area (Å²) in [6.45, 7) is 0.232. The first-order valence-electron chi connectivity index (χ1n) is 6.78. The number of aliphatic hydroxyl groups is 1. The van der Waals surface area contributed by atoms with E-state index in [0.29, 0.717) is 6.42 Å². The first-order chi connectivity index (χ1) is 9.87. The fourth-order valence-corrected chi connectivity index (χ4v) is 3.14. The molecule has 0 bridgehead atoms. The topological polar surface area (TPSA) is 104 Å². The molecule has 1 aliphatic carbocycles. The molecule has 0 aromatic heterocycles. The average molecular weight is 313 g/mol. The number of aliphatic hydroxyl groups excluding tert-OH is 1. The van der Waals surface area contributed by atoms with E-state index in [0.717, 1.165) is 18.4 Å². The van der Waals surface area contributed by atoms with Crippen molar-refractivity contribution in [3.63, 3.8) is 0 Å². The third-order valence-corrected chi connectivity index (χ3v) is 5.21. The van der Waals surface area contributed by atoms with Crippen LogP contribution in [0.4, 0.5) is 0 Å². The monoisotopic (exact) mass is 313 g/mol. The van der Waals surface area contributed by atoms with Crippen molar-refractivity contribution in [1.29, 1.82) is 0 Å². The molecule has 1 aliphatic rings. The average Bonchev–Trinajstić information content (AvgIpc) is 3.24. The van der Waals surface area contributed by atoms with Crippen molar-refractivity contribution in [1.82, 2.24) is 4.72 Å². The highest BCUT2D eigenvalue weighted by atomic mass is 32.2. The molecule has 116 valence electrons. The van der Waals surface area contributed by atoms with Crippen LogP contribution in [0.2, 0.25) is 0 Å². The van der Waals surface area contributed by atoms with Gasteiger partial charge >= 0.3 is 5.97 Å².